The van der Waals surface area contributed by atoms with Gasteiger partial charge < -0.3 is 20.1 Å². The van der Waals surface area contributed by atoms with E-state index >= 15 is 0 Å². The second-order valence-corrected chi connectivity index (χ2v) is 6.30. The number of aromatic nitrogens is 2. The van der Waals surface area contributed by atoms with Crippen LogP contribution in [-0.4, -0.2) is 44.4 Å². The van der Waals surface area contributed by atoms with E-state index in [4.69, 9.17) is 9.63 Å². The summed E-state index contributed by atoms with van der Waals surface area (Å²) in [6.45, 7) is 2.44. The zero-order chi connectivity index (χ0) is 17.7. The summed E-state index contributed by atoms with van der Waals surface area (Å²) in [7, 11) is 0. The smallest absolute Gasteiger partial charge is 0.337 e. The number of carbonyl (C=O) groups is 2. The van der Waals surface area contributed by atoms with Gasteiger partial charge in [-0.15, -0.1) is 11.8 Å². The van der Waals surface area contributed by atoms with Gasteiger partial charge >= 0.3 is 5.97 Å². The van der Waals surface area contributed by atoms with Crippen LogP contribution in [0, 0.1) is 6.92 Å². The maximum Gasteiger partial charge on any atom is 0.337 e. The Kier molecular flexibility index (Phi) is 5.58. The van der Waals surface area contributed by atoms with Crippen LogP contribution in [-0.2, 0) is 10.5 Å². The molecule has 1 aromatic heterocycles. The first-order valence-electron chi connectivity index (χ1n) is 7.04. The number of aliphatic hydroxyl groups is 1. The van der Waals surface area contributed by atoms with Crippen LogP contribution in [0.4, 0.5) is 0 Å². The number of carboxylic acid groups (broad SMARTS) is 1. The van der Waals surface area contributed by atoms with E-state index in [1.54, 1.807) is 31.2 Å². The summed E-state index contributed by atoms with van der Waals surface area (Å²) in [6.07, 6.45) is 0. The molecule has 0 saturated heterocycles. The van der Waals surface area contributed by atoms with E-state index in [0.29, 0.717) is 27.9 Å². The SMILES string of the molecule is Cc1noc(CSc2ccccc2C(=O)NCC(C)(O)C(=O)O)n1. The normalized spacial score (nSPS) is 13.3. The van der Waals surface area contributed by atoms with Crippen LogP contribution >= 0.6 is 11.8 Å². The highest BCUT2D eigenvalue weighted by Gasteiger charge is 2.30. The predicted octanol–water partition coefficient (Wildman–Crippen LogP) is 1.24. The van der Waals surface area contributed by atoms with Gasteiger partial charge in [-0.25, -0.2) is 4.79 Å². The van der Waals surface area contributed by atoms with Crippen LogP contribution in [0.2, 0.25) is 0 Å². The van der Waals surface area contributed by atoms with Crippen molar-refractivity contribution in [1.29, 1.82) is 0 Å². The monoisotopic (exact) mass is 351 g/mol. The largest absolute Gasteiger partial charge is 0.479 e. The van der Waals surface area contributed by atoms with E-state index in [1.807, 2.05) is 0 Å². The van der Waals surface area contributed by atoms with Gasteiger partial charge in [0.2, 0.25) is 5.89 Å². The average Bonchev–Trinajstić information content (AvgIpc) is 2.96. The second kappa shape index (κ2) is 7.45. The number of hydrogen-bond acceptors (Lipinski definition) is 7. The summed E-state index contributed by atoms with van der Waals surface area (Å²) in [5, 5.41) is 24.7. The van der Waals surface area contributed by atoms with Crippen molar-refractivity contribution in [3.8, 4) is 0 Å². The predicted molar refractivity (Wildman–Crippen MR) is 85.6 cm³/mol. The second-order valence-electron chi connectivity index (χ2n) is 5.28. The summed E-state index contributed by atoms with van der Waals surface area (Å²) in [4.78, 5) is 27.9. The number of hydrogen-bond donors (Lipinski definition) is 3. The van der Waals surface area contributed by atoms with E-state index in [1.165, 1.54) is 11.8 Å². The molecule has 0 spiro atoms. The van der Waals surface area contributed by atoms with Crippen molar-refractivity contribution in [2.45, 2.75) is 30.1 Å². The first-order chi connectivity index (χ1) is 11.3. The fourth-order valence-corrected chi connectivity index (χ4v) is 2.63. The van der Waals surface area contributed by atoms with Gasteiger partial charge in [0.1, 0.15) is 0 Å². The van der Waals surface area contributed by atoms with Crippen LogP contribution in [0.5, 0.6) is 0 Å². The maximum absolute atomic E-state index is 12.3. The van der Waals surface area contributed by atoms with E-state index in [-0.39, 0.29) is 0 Å². The van der Waals surface area contributed by atoms with Crippen LogP contribution < -0.4 is 5.32 Å². The van der Waals surface area contributed by atoms with Crippen molar-refractivity contribution in [2.75, 3.05) is 6.54 Å². The molecule has 0 bridgehead atoms. The molecule has 8 nitrogen and oxygen atoms in total. The summed E-state index contributed by atoms with van der Waals surface area (Å²) in [6, 6.07) is 6.86. The molecule has 1 atom stereocenters. The molecule has 0 aliphatic rings. The molecule has 0 aliphatic heterocycles. The first-order valence-corrected chi connectivity index (χ1v) is 8.03. The standard InChI is InChI=1S/C15H17N3O5S/c1-9-17-12(23-18-9)7-24-11-6-4-3-5-10(11)13(19)16-8-15(2,22)14(20)21/h3-6,22H,7-8H2,1-2H3,(H,16,19)(H,20,21). The number of nitrogens with one attached hydrogen (secondary N) is 1. The Morgan fingerprint density at radius 1 is 1.38 bits per heavy atom. The van der Waals surface area contributed by atoms with Gasteiger partial charge in [0, 0.05) is 4.90 Å². The topological polar surface area (TPSA) is 126 Å². The minimum atomic E-state index is -2.03. The Bertz CT molecular complexity index is 744. The third-order valence-corrected chi connectivity index (χ3v) is 4.16. The van der Waals surface area contributed by atoms with Crippen LogP contribution in [0.25, 0.3) is 0 Å². The molecule has 24 heavy (non-hydrogen) atoms. The van der Waals surface area contributed by atoms with Crippen molar-refractivity contribution >= 4 is 23.6 Å². The molecule has 1 aromatic carbocycles. The maximum atomic E-state index is 12.3. The molecule has 1 unspecified atom stereocenters. The van der Waals surface area contributed by atoms with Gasteiger partial charge in [0.05, 0.1) is 17.9 Å². The minimum Gasteiger partial charge on any atom is -0.479 e. The Hall–Kier alpha value is -2.39. The summed E-state index contributed by atoms with van der Waals surface area (Å²) in [5.74, 6) is -0.495. The van der Waals surface area contributed by atoms with E-state index < -0.39 is 24.0 Å². The van der Waals surface area contributed by atoms with Crippen molar-refractivity contribution in [3.05, 3.63) is 41.5 Å². The number of carbonyl (C=O) groups excluding carboxylic acids is 1. The third kappa shape index (κ3) is 4.56. The number of aryl methyl sites for hydroxylation is 1. The lowest BCUT2D eigenvalue weighted by Gasteiger charge is -2.18. The molecule has 0 saturated carbocycles. The highest BCUT2D eigenvalue weighted by atomic mass is 32.2. The van der Waals surface area contributed by atoms with Gasteiger partial charge in [0.15, 0.2) is 11.4 Å². The fourth-order valence-electron chi connectivity index (χ4n) is 1.74. The third-order valence-electron chi connectivity index (χ3n) is 3.11. The average molecular weight is 351 g/mol. The van der Waals surface area contributed by atoms with E-state index in [0.717, 1.165) is 6.92 Å². The molecule has 1 amide bonds. The Morgan fingerprint density at radius 2 is 2.08 bits per heavy atom. The molecule has 2 aromatic rings. The number of amides is 1. The zero-order valence-electron chi connectivity index (χ0n) is 13.1. The van der Waals surface area contributed by atoms with E-state index in [2.05, 4.69) is 15.5 Å². The van der Waals surface area contributed by atoms with Crippen LogP contribution in [0.1, 0.15) is 29.0 Å². The highest BCUT2D eigenvalue weighted by molar-refractivity contribution is 7.98. The fraction of sp³-hybridized carbons (Fsp3) is 0.333. The number of thioether (sulfide) groups is 1. The van der Waals surface area contributed by atoms with Gasteiger partial charge in [0.25, 0.3) is 5.91 Å². The first kappa shape index (κ1) is 18.0. The Morgan fingerprint density at radius 3 is 2.71 bits per heavy atom. The molecule has 0 aliphatic carbocycles. The van der Waals surface area contributed by atoms with Gasteiger partial charge in [-0.3, -0.25) is 4.79 Å². The summed E-state index contributed by atoms with van der Waals surface area (Å²) >= 11 is 1.35. The lowest BCUT2D eigenvalue weighted by molar-refractivity contribution is -0.155. The highest BCUT2D eigenvalue weighted by Crippen LogP contribution is 2.25. The van der Waals surface area contributed by atoms with Gasteiger partial charge in [-0.1, -0.05) is 17.3 Å². The van der Waals surface area contributed by atoms with Crippen molar-refractivity contribution in [2.24, 2.45) is 0 Å². The minimum absolute atomic E-state index is 0.375. The molecule has 0 fully saturated rings. The molecule has 128 valence electrons. The number of rotatable bonds is 7. The molecule has 3 N–H and O–H groups in total. The summed E-state index contributed by atoms with van der Waals surface area (Å²) < 4.78 is 5.02. The number of carboxylic acids is 1. The zero-order valence-corrected chi connectivity index (χ0v) is 14.0. The van der Waals surface area contributed by atoms with Crippen molar-refractivity contribution < 1.29 is 24.3 Å². The lowest BCUT2D eigenvalue weighted by atomic mass is 10.1. The lowest BCUT2D eigenvalue weighted by Crippen LogP contribution is -2.46. The van der Waals surface area contributed by atoms with Crippen molar-refractivity contribution in [3.63, 3.8) is 0 Å². The van der Waals surface area contributed by atoms with Gasteiger partial charge in [-0.2, -0.15) is 4.98 Å². The van der Waals surface area contributed by atoms with E-state index in [9.17, 15) is 14.7 Å². The van der Waals surface area contributed by atoms with Crippen LogP contribution in [0.15, 0.2) is 33.7 Å². The molecule has 1 heterocycles. The molecular formula is C15H17N3O5S. The number of nitrogens with zero attached hydrogens (tertiary/aromatic N) is 2. The quantitative estimate of drug-likeness (QED) is 0.636. The van der Waals surface area contributed by atoms with Gasteiger partial charge in [-0.05, 0) is 26.0 Å². The number of benzene rings is 1. The Labute approximate surface area is 142 Å². The molecular weight excluding hydrogens is 334 g/mol. The van der Waals surface area contributed by atoms with Crippen LogP contribution in [0.3, 0.4) is 0 Å². The molecule has 9 heteroatoms. The number of aliphatic carboxylic acids is 1. The summed E-state index contributed by atoms with van der Waals surface area (Å²) in [5.41, 5.74) is -1.65. The van der Waals surface area contributed by atoms with Crippen molar-refractivity contribution in [1.82, 2.24) is 15.5 Å². The Balaban J connectivity index is 2.04. The molecule has 0 radical (unpaired) electrons. The molecule has 2 rings (SSSR count).